The fourth-order valence-electron chi connectivity index (χ4n) is 5.38. The van der Waals surface area contributed by atoms with E-state index < -0.39 is 0 Å². The first-order valence-electron chi connectivity index (χ1n) is 7.10. The molecule has 0 aromatic carbocycles. The van der Waals surface area contributed by atoms with Gasteiger partial charge in [0, 0.05) is 0 Å². The van der Waals surface area contributed by atoms with E-state index in [0.29, 0.717) is 10.8 Å². The van der Waals surface area contributed by atoms with Crippen LogP contribution in [-0.4, -0.2) is 6.54 Å². The van der Waals surface area contributed by atoms with Crippen LogP contribution in [0.4, 0.5) is 0 Å². The van der Waals surface area contributed by atoms with Crippen LogP contribution in [0.25, 0.3) is 0 Å². The van der Waals surface area contributed by atoms with Crippen LogP contribution in [0, 0.1) is 40.4 Å². The van der Waals surface area contributed by atoms with Crippen LogP contribution >= 0.6 is 0 Å². The van der Waals surface area contributed by atoms with Crippen LogP contribution in [0.1, 0.15) is 47.0 Å². The number of rotatable bonds is 2. The van der Waals surface area contributed by atoms with E-state index >= 15 is 0 Å². The molecule has 0 amide bonds. The second-order valence-electron chi connectivity index (χ2n) is 7.79. The van der Waals surface area contributed by atoms with E-state index in [2.05, 4.69) is 27.7 Å². The first-order valence-corrected chi connectivity index (χ1v) is 7.10. The molecule has 4 rings (SSSR count). The van der Waals surface area contributed by atoms with Crippen molar-refractivity contribution in [1.82, 2.24) is 0 Å². The summed E-state index contributed by atoms with van der Waals surface area (Å²) in [5.41, 5.74) is 7.11. The average molecular weight is 221 g/mol. The summed E-state index contributed by atoms with van der Waals surface area (Å²) in [5, 5.41) is 0. The monoisotopic (exact) mass is 221 g/mol. The Labute approximate surface area is 100 Å². The molecule has 0 aliphatic heterocycles. The molecule has 92 valence electrons. The molecule has 4 aliphatic carbocycles. The second kappa shape index (κ2) is 3.04. The predicted octanol–water partition coefficient (Wildman–Crippen LogP) is 3.29. The van der Waals surface area contributed by atoms with Crippen molar-refractivity contribution in [3.63, 3.8) is 0 Å². The van der Waals surface area contributed by atoms with Gasteiger partial charge in [-0.15, -0.1) is 0 Å². The lowest BCUT2D eigenvalue weighted by atomic mass is 9.44. The highest BCUT2D eigenvalue weighted by atomic mass is 14.7. The Hall–Kier alpha value is -0.0400. The van der Waals surface area contributed by atoms with Gasteiger partial charge in [0.1, 0.15) is 0 Å². The Morgan fingerprint density at radius 1 is 1.06 bits per heavy atom. The number of fused-ring (bicyclic) bond motifs is 2. The Balaban J connectivity index is 1.78. The molecule has 0 radical (unpaired) electrons. The summed E-state index contributed by atoms with van der Waals surface area (Å²) in [6.45, 7) is 10.8. The molecule has 1 heteroatoms. The lowest BCUT2D eigenvalue weighted by molar-refractivity contribution is -0.114. The highest BCUT2D eigenvalue weighted by Crippen LogP contribution is 2.71. The maximum absolute atomic E-state index is 5.93. The molecule has 0 heterocycles. The minimum atomic E-state index is 0.540. The minimum absolute atomic E-state index is 0.540. The van der Waals surface area contributed by atoms with E-state index in [4.69, 9.17) is 5.73 Å². The maximum atomic E-state index is 5.93. The van der Waals surface area contributed by atoms with Crippen LogP contribution in [-0.2, 0) is 0 Å². The normalized spacial score (nSPS) is 51.9. The molecule has 4 aliphatic rings. The molecule has 4 saturated carbocycles. The first kappa shape index (κ1) is 11.1. The molecule has 5 atom stereocenters. The fourth-order valence-corrected chi connectivity index (χ4v) is 5.38. The molecule has 0 aromatic heterocycles. The molecule has 5 unspecified atom stereocenters. The molecule has 4 fully saturated rings. The lowest BCUT2D eigenvalue weighted by Crippen LogP contribution is -2.53. The van der Waals surface area contributed by atoms with Gasteiger partial charge in [0.05, 0.1) is 0 Å². The summed E-state index contributed by atoms with van der Waals surface area (Å²) >= 11 is 0. The van der Waals surface area contributed by atoms with Gasteiger partial charge < -0.3 is 5.73 Å². The topological polar surface area (TPSA) is 26.0 Å². The van der Waals surface area contributed by atoms with E-state index in [-0.39, 0.29) is 0 Å². The standard InChI is InChI=1S/C15H27N/c1-14(2)9-5-6-10(11(14)7-9)13-12(8-16)15(13,3)4/h9-13H,5-8,16H2,1-4H3. The maximum Gasteiger partial charge on any atom is -0.00407 e. The van der Waals surface area contributed by atoms with E-state index in [0.717, 1.165) is 36.1 Å². The lowest BCUT2D eigenvalue weighted by Gasteiger charge is -2.60. The molecular weight excluding hydrogens is 194 g/mol. The van der Waals surface area contributed by atoms with Gasteiger partial charge in [0.2, 0.25) is 0 Å². The molecule has 2 bridgehead atoms. The van der Waals surface area contributed by atoms with Gasteiger partial charge in [-0.2, -0.15) is 0 Å². The summed E-state index contributed by atoms with van der Waals surface area (Å²) in [6.07, 6.45) is 4.49. The van der Waals surface area contributed by atoms with Gasteiger partial charge in [-0.05, 0) is 66.2 Å². The molecule has 2 N–H and O–H groups in total. The summed E-state index contributed by atoms with van der Waals surface area (Å²) < 4.78 is 0. The van der Waals surface area contributed by atoms with Crippen LogP contribution in [0.2, 0.25) is 0 Å². The smallest absolute Gasteiger partial charge is 0.00407 e. The van der Waals surface area contributed by atoms with Crippen LogP contribution in [0.5, 0.6) is 0 Å². The quantitative estimate of drug-likeness (QED) is 0.761. The highest BCUT2D eigenvalue weighted by molar-refractivity contribution is 5.14. The molecular formula is C15H27N. The molecule has 0 aromatic rings. The fraction of sp³-hybridized carbons (Fsp3) is 1.00. The van der Waals surface area contributed by atoms with Crippen molar-refractivity contribution in [2.24, 2.45) is 46.2 Å². The highest BCUT2D eigenvalue weighted by Gasteiger charge is 2.66. The number of hydrogen-bond acceptors (Lipinski definition) is 1. The number of hydrogen-bond donors (Lipinski definition) is 1. The number of nitrogens with two attached hydrogens (primary N) is 1. The van der Waals surface area contributed by atoms with Gasteiger partial charge in [-0.25, -0.2) is 0 Å². The molecule has 0 spiro atoms. The van der Waals surface area contributed by atoms with Crippen LogP contribution in [0.15, 0.2) is 0 Å². The van der Waals surface area contributed by atoms with Gasteiger partial charge >= 0.3 is 0 Å². The van der Waals surface area contributed by atoms with Crippen molar-refractivity contribution in [2.45, 2.75) is 47.0 Å². The van der Waals surface area contributed by atoms with E-state index in [9.17, 15) is 0 Å². The third-order valence-electron chi connectivity index (χ3n) is 6.77. The second-order valence-corrected chi connectivity index (χ2v) is 7.79. The van der Waals surface area contributed by atoms with Crippen molar-refractivity contribution in [1.29, 1.82) is 0 Å². The average Bonchev–Trinajstić information content (AvgIpc) is 2.80. The summed E-state index contributed by atoms with van der Waals surface area (Å²) in [4.78, 5) is 0. The summed E-state index contributed by atoms with van der Waals surface area (Å²) in [5.74, 6) is 4.77. The zero-order chi connectivity index (χ0) is 11.7. The Bertz CT molecular complexity index is 303. The van der Waals surface area contributed by atoms with Crippen molar-refractivity contribution in [3.05, 3.63) is 0 Å². The van der Waals surface area contributed by atoms with Gasteiger partial charge in [0.15, 0.2) is 0 Å². The van der Waals surface area contributed by atoms with Gasteiger partial charge in [-0.1, -0.05) is 27.7 Å². The zero-order valence-electron chi connectivity index (χ0n) is 11.3. The van der Waals surface area contributed by atoms with E-state index in [1.54, 1.807) is 0 Å². The van der Waals surface area contributed by atoms with Crippen molar-refractivity contribution in [3.8, 4) is 0 Å². The third-order valence-corrected chi connectivity index (χ3v) is 6.77. The van der Waals surface area contributed by atoms with Crippen molar-refractivity contribution >= 4 is 0 Å². The van der Waals surface area contributed by atoms with Crippen LogP contribution in [0.3, 0.4) is 0 Å². The Morgan fingerprint density at radius 2 is 1.75 bits per heavy atom. The third kappa shape index (κ3) is 1.16. The summed E-state index contributed by atoms with van der Waals surface area (Å²) in [6, 6.07) is 0. The van der Waals surface area contributed by atoms with E-state index in [1.165, 1.54) is 19.3 Å². The van der Waals surface area contributed by atoms with Gasteiger partial charge in [0.25, 0.3) is 0 Å². The summed E-state index contributed by atoms with van der Waals surface area (Å²) in [7, 11) is 0. The largest absolute Gasteiger partial charge is 0.330 e. The van der Waals surface area contributed by atoms with E-state index in [1.807, 2.05) is 0 Å². The minimum Gasteiger partial charge on any atom is -0.330 e. The van der Waals surface area contributed by atoms with Crippen molar-refractivity contribution < 1.29 is 0 Å². The zero-order valence-corrected chi connectivity index (χ0v) is 11.3. The molecule has 16 heavy (non-hydrogen) atoms. The molecule has 0 saturated heterocycles. The van der Waals surface area contributed by atoms with Crippen molar-refractivity contribution in [2.75, 3.05) is 6.54 Å². The van der Waals surface area contributed by atoms with Gasteiger partial charge in [-0.3, -0.25) is 0 Å². The SMILES string of the molecule is CC1(C)C2CCC(C3C(CN)C3(C)C)C1C2. The first-order chi connectivity index (χ1) is 7.40. The Kier molecular flexibility index (Phi) is 2.11. The molecule has 1 nitrogen and oxygen atoms in total. The Morgan fingerprint density at radius 3 is 2.19 bits per heavy atom. The predicted molar refractivity (Wildman–Crippen MR) is 67.9 cm³/mol. The van der Waals surface area contributed by atoms with Crippen LogP contribution < -0.4 is 5.73 Å².